The molecule has 5 heteroatoms. The van der Waals surface area contributed by atoms with Crippen molar-refractivity contribution >= 4 is 23.3 Å². The third-order valence-electron chi connectivity index (χ3n) is 6.26. The van der Waals surface area contributed by atoms with Gasteiger partial charge in [0.15, 0.2) is 0 Å². The summed E-state index contributed by atoms with van der Waals surface area (Å²) in [5, 5.41) is 6.10. The van der Waals surface area contributed by atoms with Gasteiger partial charge in [0.05, 0.1) is 6.04 Å². The Kier molecular flexibility index (Phi) is 6.57. The Morgan fingerprint density at radius 2 is 1.34 bits per heavy atom. The lowest BCUT2D eigenvalue weighted by Crippen LogP contribution is -2.36. The number of aryl methyl sites for hydroxylation is 1. The summed E-state index contributed by atoms with van der Waals surface area (Å²) in [6, 6.07) is 34.4. The van der Waals surface area contributed by atoms with Crippen LogP contribution in [0.5, 0.6) is 0 Å². The average Bonchev–Trinajstić information content (AvgIpc) is 2.92. The fourth-order valence-corrected chi connectivity index (χ4v) is 4.57. The molecule has 174 valence electrons. The van der Waals surface area contributed by atoms with Gasteiger partial charge in [-0.25, -0.2) is 4.79 Å². The topological polar surface area (TPSA) is 61.4 Å². The summed E-state index contributed by atoms with van der Waals surface area (Å²) < 4.78 is 0. The first kappa shape index (κ1) is 22.4. The van der Waals surface area contributed by atoms with Gasteiger partial charge in [-0.3, -0.25) is 4.79 Å². The predicted octanol–water partition coefficient (Wildman–Crippen LogP) is 6.19. The average molecular weight is 462 g/mol. The Hall–Kier alpha value is -4.38. The van der Waals surface area contributed by atoms with E-state index in [1.807, 2.05) is 114 Å². The number of nitrogens with zero attached hydrogens (tertiary/aromatic N) is 1. The van der Waals surface area contributed by atoms with Crippen molar-refractivity contribution in [3.05, 3.63) is 131 Å². The molecule has 5 rings (SSSR count). The van der Waals surface area contributed by atoms with Crippen LogP contribution < -0.4 is 15.5 Å². The number of anilines is 2. The van der Waals surface area contributed by atoms with Crippen LogP contribution in [-0.2, 0) is 6.42 Å². The van der Waals surface area contributed by atoms with E-state index in [1.165, 1.54) is 0 Å². The minimum absolute atomic E-state index is 0.00133. The van der Waals surface area contributed by atoms with Crippen LogP contribution in [0.2, 0.25) is 0 Å². The number of hydrogen-bond acceptors (Lipinski definition) is 2. The summed E-state index contributed by atoms with van der Waals surface area (Å²) in [5.74, 6) is -0.00133. The Labute approximate surface area is 205 Å². The van der Waals surface area contributed by atoms with E-state index < -0.39 is 0 Å². The van der Waals surface area contributed by atoms with Gasteiger partial charge in [-0.1, -0.05) is 78.9 Å². The van der Waals surface area contributed by atoms with Crippen molar-refractivity contribution < 1.29 is 9.59 Å². The largest absolute Gasteiger partial charge is 0.327 e. The number of carbonyl (C=O) groups is 2. The molecule has 0 aromatic heterocycles. The Bertz CT molecular complexity index is 1270. The maximum absolute atomic E-state index is 13.1. The van der Waals surface area contributed by atoms with Crippen LogP contribution in [-0.4, -0.2) is 18.5 Å². The molecule has 0 fully saturated rings. The van der Waals surface area contributed by atoms with Gasteiger partial charge in [0.1, 0.15) is 0 Å². The number of fused-ring (bicyclic) bond motifs is 1. The van der Waals surface area contributed by atoms with E-state index in [0.29, 0.717) is 17.8 Å². The van der Waals surface area contributed by atoms with Crippen molar-refractivity contribution in [2.24, 2.45) is 0 Å². The number of carbonyl (C=O) groups excluding carboxylic acids is 2. The van der Waals surface area contributed by atoms with Crippen LogP contribution in [0.25, 0.3) is 0 Å². The van der Waals surface area contributed by atoms with E-state index in [0.717, 1.165) is 35.2 Å². The second-order valence-electron chi connectivity index (χ2n) is 8.62. The first-order valence-electron chi connectivity index (χ1n) is 11.9. The second-order valence-corrected chi connectivity index (χ2v) is 8.62. The van der Waals surface area contributed by atoms with Crippen LogP contribution in [0, 0.1) is 0 Å². The molecule has 0 radical (unpaired) electrons. The molecule has 0 saturated carbocycles. The smallest absolute Gasteiger partial charge is 0.319 e. The molecule has 0 saturated heterocycles. The normalized spacial score (nSPS) is 12.7. The van der Waals surface area contributed by atoms with Gasteiger partial charge < -0.3 is 15.5 Å². The van der Waals surface area contributed by atoms with E-state index in [-0.39, 0.29) is 18.0 Å². The molecular formula is C30H27N3O2. The molecule has 1 aliphatic rings. The van der Waals surface area contributed by atoms with Gasteiger partial charge in [0, 0.05) is 23.5 Å². The van der Waals surface area contributed by atoms with E-state index in [4.69, 9.17) is 0 Å². The number of amides is 3. The Morgan fingerprint density at radius 3 is 1.97 bits per heavy atom. The molecule has 0 unspecified atom stereocenters. The van der Waals surface area contributed by atoms with Crippen LogP contribution in [0.15, 0.2) is 109 Å². The lowest BCUT2D eigenvalue weighted by atomic mass is 9.99. The summed E-state index contributed by atoms with van der Waals surface area (Å²) in [5.41, 5.74) is 5.36. The lowest BCUT2D eigenvalue weighted by Gasteiger charge is -2.30. The minimum atomic E-state index is -0.282. The summed E-state index contributed by atoms with van der Waals surface area (Å²) in [6.07, 6.45) is 1.74. The molecule has 4 aromatic rings. The van der Waals surface area contributed by atoms with Gasteiger partial charge in [-0.15, -0.1) is 0 Å². The van der Waals surface area contributed by atoms with Crippen molar-refractivity contribution in [3.8, 4) is 0 Å². The highest BCUT2D eigenvalue weighted by Gasteiger charge is 2.24. The van der Waals surface area contributed by atoms with Crippen LogP contribution in [0.3, 0.4) is 0 Å². The van der Waals surface area contributed by atoms with Crippen molar-refractivity contribution in [2.75, 3.05) is 16.8 Å². The first-order chi connectivity index (χ1) is 17.2. The Morgan fingerprint density at radius 1 is 0.743 bits per heavy atom. The molecule has 1 aliphatic heterocycles. The quantitative estimate of drug-likeness (QED) is 0.372. The zero-order chi connectivity index (χ0) is 24.0. The molecule has 1 heterocycles. The fraction of sp³-hybridized carbons (Fsp3) is 0.133. The molecule has 3 amide bonds. The zero-order valence-corrected chi connectivity index (χ0v) is 19.4. The highest BCUT2D eigenvalue weighted by atomic mass is 16.2. The number of rotatable bonds is 5. The molecule has 2 N–H and O–H groups in total. The highest BCUT2D eigenvalue weighted by Crippen LogP contribution is 2.31. The summed E-state index contributed by atoms with van der Waals surface area (Å²) in [7, 11) is 0. The van der Waals surface area contributed by atoms with E-state index in [9.17, 15) is 9.59 Å². The van der Waals surface area contributed by atoms with Crippen LogP contribution >= 0.6 is 0 Å². The number of nitrogens with one attached hydrogen (secondary N) is 2. The second kappa shape index (κ2) is 10.3. The Balaban J connectivity index is 1.33. The zero-order valence-electron chi connectivity index (χ0n) is 19.4. The number of hydrogen-bond donors (Lipinski definition) is 2. The molecule has 0 bridgehead atoms. The van der Waals surface area contributed by atoms with Gasteiger partial charge >= 0.3 is 6.03 Å². The van der Waals surface area contributed by atoms with E-state index in [1.54, 1.807) is 0 Å². The van der Waals surface area contributed by atoms with Gasteiger partial charge in [0.2, 0.25) is 0 Å². The molecular weight excluding hydrogens is 434 g/mol. The molecule has 35 heavy (non-hydrogen) atoms. The summed E-state index contributed by atoms with van der Waals surface area (Å²) in [4.78, 5) is 27.9. The molecule has 0 aliphatic carbocycles. The van der Waals surface area contributed by atoms with Crippen molar-refractivity contribution in [3.63, 3.8) is 0 Å². The van der Waals surface area contributed by atoms with Crippen molar-refractivity contribution in [2.45, 2.75) is 18.9 Å². The minimum Gasteiger partial charge on any atom is -0.327 e. The predicted molar refractivity (Wildman–Crippen MR) is 140 cm³/mol. The third kappa shape index (κ3) is 5.09. The number of benzene rings is 4. The fourth-order valence-electron chi connectivity index (χ4n) is 4.57. The van der Waals surface area contributed by atoms with E-state index in [2.05, 4.69) is 10.6 Å². The summed E-state index contributed by atoms with van der Waals surface area (Å²) >= 11 is 0. The maximum Gasteiger partial charge on any atom is 0.319 e. The van der Waals surface area contributed by atoms with Crippen molar-refractivity contribution in [1.82, 2.24) is 5.32 Å². The highest BCUT2D eigenvalue weighted by molar-refractivity contribution is 6.07. The summed E-state index contributed by atoms with van der Waals surface area (Å²) in [6.45, 7) is 0.684. The van der Waals surface area contributed by atoms with E-state index >= 15 is 0 Å². The SMILES string of the molecule is O=C(Nc1ccc2c(c1)CCCN2C(=O)c1ccccc1)NC(c1ccccc1)c1ccccc1. The van der Waals surface area contributed by atoms with Crippen molar-refractivity contribution in [1.29, 1.82) is 0 Å². The number of urea groups is 1. The molecule has 0 atom stereocenters. The molecule has 4 aromatic carbocycles. The molecule has 0 spiro atoms. The monoisotopic (exact) mass is 461 g/mol. The molecule has 5 nitrogen and oxygen atoms in total. The van der Waals surface area contributed by atoms with Gasteiger partial charge in [0.25, 0.3) is 5.91 Å². The third-order valence-corrected chi connectivity index (χ3v) is 6.26. The van der Waals surface area contributed by atoms with Gasteiger partial charge in [-0.2, -0.15) is 0 Å². The van der Waals surface area contributed by atoms with Gasteiger partial charge in [-0.05, 0) is 59.9 Å². The lowest BCUT2D eigenvalue weighted by molar-refractivity contribution is 0.0985. The maximum atomic E-state index is 13.1. The van der Waals surface area contributed by atoms with Crippen LogP contribution in [0.1, 0.15) is 39.5 Å². The van der Waals surface area contributed by atoms with Crippen LogP contribution in [0.4, 0.5) is 16.2 Å². The standard InChI is InChI=1S/C30H27N3O2/c34-29(24-15-8-3-9-16-24)33-20-10-17-25-21-26(18-19-27(25)33)31-30(35)32-28(22-11-4-1-5-12-22)23-13-6-2-7-14-23/h1-9,11-16,18-19,21,28H,10,17,20H2,(H2,31,32,35). The first-order valence-corrected chi connectivity index (χ1v) is 11.9.